The Balaban J connectivity index is 1.76. The topological polar surface area (TPSA) is 73.0 Å². The molecule has 3 heterocycles. The van der Waals surface area contributed by atoms with Crippen LogP contribution in [0.25, 0.3) is 11.0 Å². The number of hydrogen-bond acceptors (Lipinski definition) is 5. The minimum absolute atomic E-state index is 0.109. The van der Waals surface area contributed by atoms with Crippen molar-refractivity contribution in [1.29, 1.82) is 0 Å². The average Bonchev–Trinajstić information content (AvgIpc) is 3.14. The van der Waals surface area contributed by atoms with E-state index in [4.69, 9.17) is 0 Å². The van der Waals surface area contributed by atoms with Gasteiger partial charge in [0, 0.05) is 18.7 Å². The fourth-order valence-corrected chi connectivity index (χ4v) is 3.68. The quantitative estimate of drug-likeness (QED) is 0.495. The number of rotatable bonds is 5. The Morgan fingerprint density at radius 3 is 2.62 bits per heavy atom. The number of benzene rings is 1. The molecule has 0 unspecified atom stereocenters. The summed E-state index contributed by atoms with van der Waals surface area (Å²) in [5, 5.41) is 4.20. The van der Waals surface area contributed by atoms with Crippen molar-refractivity contribution in [2.24, 2.45) is 0 Å². The Labute approximate surface area is 169 Å². The number of carbonyl (C=O) groups excluding carboxylic acids is 1. The summed E-state index contributed by atoms with van der Waals surface area (Å²) in [5.41, 5.74) is 1.22. The molecule has 7 heteroatoms. The van der Waals surface area contributed by atoms with Gasteiger partial charge in [0.15, 0.2) is 5.78 Å². The summed E-state index contributed by atoms with van der Waals surface area (Å²) in [6.45, 7) is 3.87. The van der Waals surface area contributed by atoms with E-state index in [1.54, 1.807) is 37.4 Å². The predicted molar refractivity (Wildman–Crippen MR) is 112 cm³/mol. The van der Waals surface area contributed by atoms with Crippen LogP contribution in [0.2, 0.25) is 0 Å². The summed E-state index contributed by atoms with van der Waals surface area (Å²) in [6, 6.07) is 8.93. The number of imidazole rings is 1. The molecule has 3 aromatic rings. The number of aromatic nitrogens is 4. The second-order valence-electron chi connectivity index (χ2n) is 7.10. The molecule has 1 aliphatic rings. The maximum atomic E-state index is 13.2. The molecule has 0 atom stereocenters. The molecule has 0 amide bonds. The van der Waals surface area contributed by atoms with Crippen LogP contribution < -0.4 is 10.5 Å². The fourth-order valence-electron chi connectivity index (χ4n) is 3.68. The first-order valence-electron chi connectivity index (χ1n) is 9.88. The van der Waals surface area contributed by atoms with Crippen LogP contribution in [0.15, 0.2) is 41.3 Å². The van der Waals surface area contributed by atoms with Crippen LogP contribution in [0.5, 0.6) is 0 Å². The Bertz CT molecular complexity index is 1140. The highest BCUT2D eigenvalue weighted by Gasteiger charge is 2.22. The lowest BCUT2D eigenvalue weighted by Crippen LogP contribution is -2.32. The lowest BCUT2D eigenvalue weighted by atomic mass is 10.1. The Hall–Kier alpha value is -3.40. The minimum Gasteiger partial charge on any atom is -0.342 e. The van der Waals surface area contributed by atoms with Crippen molar-refractivity contribution < 1.29 is 4.79 Å². The van der Waals surface area contributed by atoms with Crippen molar-refractivity contribution in [3.63, 3.8) is 0 Å². The second kappa shape index (κ2) is 8.31. The number of Topliss-reactive ketones (excluding diaryl/α,β-unsaturated/α-hetero) is 1. The molecule has 29 heavy (non-hydrogen) atoms. The van der Waals surface area contributed by atoms with Crippen LogP contribution in [0.4, 0.5) is 5.95 Å². The van der Waals surface area contributed by atoms with E-state index in [1.165, 1.54) is 11.1 Å². The van der Waals surface area contributed by atoms with Crippen molar-refractivity contribution >= 4 is 22.8 Å². The molecule has 0 radical (unpaired) electrons. The number of nitrogens with zero attached hydrogens (tertiary/aromatic N) is 5. The SMILES string of the molecule is CC#CCn1c(N2CCCCC2)nc2cnn(CC(=O)c3ccccc3)c(=O)c21. The van der Waals surface area contributed by atoms with Gasteiger partial charge in [-0.3, -0.25) is 14.2 Å². The maximum Gasteiger partial charge on any atom is 0.293 e. The smallest absolute Gasteiger partial charge is 0.293 e. The summed E-state index contributed by atoms with van der Waals surface area (Å²) in [5.74, 6) is 6.54. The number of fused-ring (bicyclic) bond motifs is 1. The Morgan fingerprint density at radius 1 is 1.14 bits per heavy atom. The van der Waals surface area contributed by atoms with E-state index in [0.717, 1.165) is 31.9 Å². The molecule has 7 nitrogen and oxygen atoms in total. The highest BCUT2D eigenvalue weighted by Crippen LogP contribution is 2.23. The minimum atomic E-state index is -0.319. The monoisotopic (exact) mass is 389 g/mol. The molecule has 1 aromatic carbocycles. The van der Waals surface area contributed by atoms with Crippen molar-refractivity contribution in [2.45, 2.75) is 39.3 Å². The molecule has 1 saturated heterocycles. The third-order valence-electron chi connectivity index (χ3n) is 5.17. The Kier molecular flexibility index (Phi) is 5.43. The van der Waals surface area contributed by atoms with Gasteiger partial charge < -0.3 is 4.90 Å². The van der Waals surface area contributed by atoms with Gasteiger partial charge >= 0.3 is 0 Å². The summed E-state index contributed by atoms with van der Waals surface area (Å²) in [7, 11) is 0. The van der Waals surface area contributed by atoms with Crippen molar-refractivity contribution in [1.82, 2.24) is 19.3 Å². The summed E-state index contributed by atoms with van der Waals surface area (Å²) in [6.07, 6.45) is 4.99. The fraction of sp³-hybridized carbons (Fsp3) is 0.364. The van der Waals surface area contributed by atoms with Crippen LogP contribution in [0, 0.1) is 11.8 Å². The zero-order chi connectivity index (χ0) is 20.2. The van der Waals surface area contributed by atoms with Gasteiger partial charge in [-0.15, -0.1) is 5.92 Å². The molecular formula is C22H23N5O2. The molecule has 0 aliphatic carbocycles. The predicted octanol–water partition coefficient (Wildman–Crippen LogP) is 2.49. The third-order valence-corrected chi connectivity index (χ3v) is 5.17. The van der Waals surface area contributed by atoms with E-state index in [1.807, 2.05) is 10.6 Å². The highest BCUT2D eigenvalue weighted by molar-refractivity contribution is 5.95. The molecule has 0 bridgehead atoms. The number of carbonyl (C=O) groups is 1. The number of hydrogen-bond donors (Lipinski definition) is 0. The van der Waals surface area contributed by atoms with Gasteiger partial charge in [0.05, 0.1) is 12.7 Å². The number of anilines is 1. The van der Waals surface area contributed by atoms with Gasteiger partial charge in [-0.05, 0) is 26.2 Å². The van der Waals surface area contributed by atoms with Crippen LogP contribution in [-0.2, 0) is 13.1 Å². The third kappa shape index (κ3) is 3.79. The van der Waals surface area contributed by atoms with E-state index in [0.29, 0.717) is 23.1 Å². The van der Waals surface area contributed by atoms with Crippen molar-refractivity contribution in [3.05, 3.63) is 52.4 Å². The molecular weight excluding hydrogens is 366 g/mol. The van der Waals surface area contributed by atoms with E-state index in [-0.39, 0.29) is 17.9 Å². The van der Waals surface area contributed by atoms with Gasteiger partial charge in [-0.1, -0.05) is 36.3 Å². The van der Waals surface area contributed by atoms with E-state index >= 15 is 0 Å². The molecule has 4 rings (SSSR count). The van der Waals surface area contributed by atoms with Crippen molar-refractivity contribution in [3.8, 4) is 11.8 Å². The van der Waals surface area contributed by atoms with Crippen molar-refractivity contribution in [2.75, 3.05) is 18.0 Å². The van der Waals surface area contributed by atoms with Gasteiger partial charge in [0.25, 0.3) is 5.56 Å². The normalized spacial score (nSPS) is 13.9. The zero-order valence-corrected chi connectivity index (χ0v) is 16.5. The highest BCUT2D eigenvalue weighted by atomic mass is 16.1. The molecule has 0 N–H and O–H groups in total. The molecule has 0 saturated carbocycles. The van der Waals surface area contributed by atoms with Crippen LogP contribution >= 0.6 is 0 Å². The van der Waals surface area contributed by atoms with Crippen LogP contribution in [0.3, 0.4) is 0 Å². The van der Waals surface area contributed by atoms with Gasteiger partial charge in [0.1, 0.15) is 17.6 Å². The molecule has 0 spiro atoms. The standard InChI is InChI=1S/C22H23N5O2/c1-2-3-14-26-20-18(24-22(26)25-12-8-5-9-13-25)15-23-27(21(20)29)16-19(28)17-10-6-4-7-11-17/h4,6-7,10-11,15H,5,8-9,12-14,16H2,1H3. The van der Waals surface area contributed by atoms with Gasteiger partial charge in [-0.25, -0.2) is 9.67 Å². The lowest BCUT2D eigenvalue weighted by Gasteiger charge is -2.27. The van der Waals surface area contributed by atoms with Gasteiger partial charge in [-0.2, -0.15) is 5.10 Å². The molecule has 1 aliphatic heterocycles. The Morgan fingerprint density at radius 2 is 1.90 bits per heavy atom. The van der Waals surface area contributed by atoms with E-state index < -0.39 is 0 Å². The molecule has 1 fully saturated rings. The number of ketones is 1. The summed E-state index contributed by atoms with van der Waals surface area (Å²) >= 11 is 0. The zero-order valence-electron chi connectivity index (χ0n) is 16.5. The second-order valence-corrected chi connectivity index (χ2v) is 7.10. The lowest BCUT2D eigenvalue weighted by molar-refractivity contribution is 0.0966. The van der Waals surface area contributed by atoms with Gasteiger partial charge in [0.2, 0.25) is 5.95 Å². The first-order chi connectivity index (χ1) is 14.2. The van der Waals surface area contributed by atoms with Crippen LogP contribution in [0.1, 0.15) is 36.5 Å². The first kappa shape index (κ1) is 18.9. The molecule has 148 valence electrons. The summed E-state index contributed by atoms with van der Waals surface area (Å²) in [4.78, 5) is 32.7. The van der Waals surface area contributed by atoms with E-state index in [9.17, 15) is 9.59 Å². The largest absolute Gasteiger partial charge is 0.342 e. The summed E-state index contributed by atoms with van der Waals surface area (Å²) < 4.78 is 3.08. The first-order valence-corrected chi connectivity index (χ1v) is 9.88. The molecule has 2 aromatic heterocycles. The maximum absolute atomic E-state index is 13.2. The van der Waals surface area contributed by atoms with Crippen LogP contribution in [-0.4, -0.2) is 38.2 Å². The van der Waals surface area contributed by atoms with E-state index in [2.05, 4.69) is 26.8 Å². The average molecular weight is 389 g/mol. The number of piperidine rings is 1.